The lowest BCUT2D eigenvalue weighted by Gasteiger charge is -2.11. The molecule has 27 heavy (non-hydrogen) atoms. The topological polar surface area (TPSA) is 54.0 Å². The first kappa shape index (κ1) is 18.6. The number of aromatic nitrogens is 1. The second-order valence-corrected chi connectivity index (χ2v) is 6.44. The summed E-state index contributed by atoms with van der Waals surface area (Å²) in [4.78, 5) is 16.7. The molecule has 0 radical (unpaired) electrons. The number of carbonyl (C=O) groups is 1. The summed E-state index contributed by atoms with van der Waals surface area (Å²) in [6.45, 7) is 4.67. The van der Waals surface area contributed by atoms with Crippen molar-refractivity contribution < 1.29 is 9.18 Å². The van der Waals surface area contributed by atoms with Crippen LogP contribution in [0, 0.1) is 19.7 Å². The monoisotopic (exact) mass is 363 g/mol. The van der Waals surface area contributed by atoms with Crippen molar-refractivity contribution in [3.05, 3.63) is 88.9 Å². The molecule has 0 aliphatic carbocycles. The van der Waals surface area contributed by atoms with Crippen LogP contribution in [0.4, 0.5) is 15.9 Å². The molecule has 0 spiro atoms. The number of nitrogens with one attached hydrogen (secondary N) is 2. The molecule has 0 aliphatic rings. The summed E-state index contributed by atoms with van der Waals surface area (Å²) < 4.78 is 12.9. The minimum atomic E-state index is -0.233. The lowest BCUT2D eigenvalue weighted by atomic mass is 10.1. The van der Waals surface area contributed by atoms with E-state index in [2.05, 4.69) is 15.6 Å². The molecule has 1 heterocycles. The molecule has 0 aliphatic heterocycles. The summed E-state index contributed by atoms with van der Waals surface area (Å²) in [5.41, 5.74) is 4.54. The highest BCUT2D eigenvalue weighted by Crippen LogP contribution is 2.19. The smallest absolute Gasteiger partial charge is 0.257 e. The number of halogens is 1. The van der Waals surface area contributed by atoms with Crippen LogP contribution in [0.2, 0.25) is 0 Å². The van der Waals surface area contributed by atoms with Crippen LogP contribution in [0.1, 0.15) is 27.0 Å². The normalized spacial score (nSPS) is 10.5. The van der Waals surface area contributed by atoms with Gasteiger partial charge in [0.1, 0.15) is 11.6 Å². The first-order chi connectivity index (χ1) is 13.0. The quantitative estimate of drug-likeness (QED) is 0.665. The molecule has 3 aromatic rings. The van der Waals surface area contributed by atoms with E-state index < -0.39 is 0 Å². The average Bonchev–Trinajstić information content (AvgIpc) is 2.67. The van der Waals surface area contributed by atoms with Gasteiger partial charge in [-0.25, -0.2) is 9.37 Å². The van der Waals surface area contributed by atoms with Gasteiger partial charge in [0.05, 0.1) is 5.56 Å². The highest BCUT2D eigenvalue weighted by atomic mass is 19.1. The highest BCUT2D eigenvalue weighted by molar-refractivity contribution is 6.04. The zero-order valence-corrected chi connectivity index (χ0v) is 15.4. The van der Waals surface area contributed by atoms with Crippen LogP contribution in [0.15, 0.2) is 60.8 Å². The fourth-order valence-electron chi connectivity index (χ4n) is 2.70. The molecule has 0 atom stereocenters. The number of aryl methyl sites for hydroxylation is 1. The predicted molar refractivity (Wildman–Crippen MR) is 107 cm³/mol. The van der Waals surface area contributed by atoms with Crippen molar-refractivity contribution >= 4 is 17.4 Å². The Bertz CT molecular complexity index is 921. The molecule has 3 rings (SSSR count). The van der Waals surface area contributed by atoms with Gasteiger partial charge >= 0.3 is 0 Å². The van der Waals surface area contributed by atoms with Gasteiger partial charge in [0.25, 0.3) is 5.91 Å². The maximum Gasteiger partial charge on any atom is 0.257 e. The number of pyridine rings is 1. The average molecular weight is 363 g/mol. The van der Waals surface area contributed by atoms with Crippen LogP contribution in [-0.2, 0) is 6.42 Å². The van der Waals surface area contributed by atoms with Crippen molar-refractivity contribution in [3.63, 3.8) is 0 Å². The number of hydrogen-bond donors (Lipinski definition) is 2. The lowest BCUT2D eigenvalue weighted by molar-refractivity contribution is 0.102. The molecule has 2 aromatic carbocycles. The molecule has 5 heteroatoms. The van der Waals surface area contributed by atoms with Gasteiger partial charge in [0.2, 0.25) is 0 Å². The summed E-state index contributed by atoms with van der Waals surface area (Å²) in [5, 5.41) is 6.13. The van der Waals surface area contributed by atoms with E-state index in [0.717, 1.165) is 28.8 Å². The maximum atomic E-state index is 12.9. The van der Waals surface area contributed by atoms with Gasteiger partial charge in [-0.3, -0.25) is 4.79 Å². The number of amides is 1. The van der Waals surface area contributed by atoms with E-state index >= 15 is 0 Å². The number of hydrogen-bond acceptors (Lipinski definition) is 3. The van der Waals surface area contributed by atoms with Crippen molar-refractivity contribution in [1.29, 1.82) is 0 Å². The molecule has 138 valence electrons. The number of carbonyl (C=O) groups excluding carboxylic acids is 1. The largest absolute Gasteiger partial charge is 0.370 e. The van der Waals surface area contributed by atoms with E-state index in [1.807, 2.05) is 32.0 Å². The summed E-state index contributed by atoms with van der Waals surface area (Å²) >= 11 is 0. The van der Waals surface area contributed by atoms with Crippen molar-refractivity contribution in [3.8, 4) is 0 Å². The van der Waals surface area contributed by atoms with Gasteiger partial charge in [0, 0.05) is 18.4 Å². The van der Waals surface area contributed by atoms with Gasteiger partial charge in [-0.15, -0.1) is 0 Å². The van der Waals surface area contributed by atoms with Crippen molar-refractivity contribution in [2.45, 2.75) is 20.3 Å². The first-order valence-electron chi connectivity index (χ1n) is 8.85. The Morgan fingerprint density at radius 2 is 1.81 bits per heavy atom. The standard InChI is InChI=1S/C22H22FN3O/c1-15-4-3-5-20(16(15)2)26-22(27)18-8-11-21(25-14-18)24-13-12-17-6-9-19(23)10-7-17/h3-11,14H,12-13H2,1-2H3,(H,24,25)(H,26,27). The molecule has 0 unspecified atom stereocenters. The summed E-state index contributed by atoms with van der Waals surface area (Å²) in [7, 11) is 0. The van der Waals surface area contributed by atoms with Crippen LogP contribution in [-0.4, -0.2) is 17.4 Å². The molecule has 4 nitrogen and oxygen atoms in total. The summed E-state index contributed by atoms with van der Waals surface area (Å²) in [6, 6.07) is 15.8. The molecule has 0 fully saturated rings. The number of nitrogens with zero attached hydrogens (tertiary/aromatic N) is 1. The van der Waals surface area contributed by atoms with E-state index in [4.69, 9.17) is 0 Å². The predicted octanol–water partition coefficient (Wildman–Crippen LogP) is 4.74. The second-order valence-electron chi connectivity index (χ2n) is 6.44. The zero-order chi connectivity index (χ0) is 19.2. The van der Waals surface area contributed by atoms with Crippen LogP contribution in [0.3, 0.4) is 0 Å². The Morgan fingerprint density at radius 3 is 2.52 bits per heavy atom. The van der Waals surface area contributed by atoms with E-state index in [-0.39, 0.29) is 11.7 Å². The van der Waals surface area contributed by atoms with Crippen LogP contribution >= 0.6 is 0 Å². The summed E-state index contributed by atoms with van der Waals surface area (Å²) in [5.74, 6) is 0.276. The second kappa shape index (κ2) is 8.45. The third kappa shape index (κ3) is 4.91. The van der Waals surface area contributed by atoms with Gasteiger partial charge in [-0.1, -0.05) is 24.3 Å². The van der Waals surface area contributed by atoms with Crippen molar-refractivity contribution in [2.75, 3.05) is 17.2 Å². The van der Waals surface area contributed by atoms with E-state index in [0.29, 0.717) is 17.9 Å². The Balaban J connectivity index is 1.55. The number of anilines is 2. The summed E-state index contributed by atoms with van der Waals surface area (Å²) in [6.07, 6.45) is 2.32. The van der Waals surface area contributed by atoms with E-state index in [1.165, 1.54) is 12.1 Å². The van der Waals surface area contributed by atoms with Gasteiger partial charge in [0.15, 0.2) is 0 Å². The fraction of sp³-hybridized carbons (Fsp3) is 0.182. The molecule has 1 aromatic heterocycles. The van der Waals surface area contributed by atoms with E-state index in [1.54, 1.807) is 30.5 Å². The van der Waals surface area contributed by atoms with Gasteiger partial charge in [-0.2, -0.15) is 0 Å². The van der Waals surface area contributed by atoms with Crippen molar-refractivity contribution in [2.24, 2.45) is 0 Å². The van der Waals surface area contributed by atoms with Gasteiger partial charge < -0.3 is 10.6 Å². The molecule has 0 saturated carbocycles. The van der Waals surface area contributed by atoms with E-state index in [9.17, 15) is 9.18 Å². The SMILES string of the molecule is Cc1cccc(NC(=O)c2ccc(NCCc3ccc(F)cc3)nc2)c1C. The first-order valence-corrected chi connectivity index (χ1v) is 8.85. The van der Waals surface area contributed by atoms with Crippen LogP contribution in [0.25, 0.3) is 0 Å². The zero-order valence-electron chi connectivity index (χ0n) is 15.4. The van der Waals surface area contributed by atoms with Crippen molar-refractivity contribution in [1.82, 2.24) is 4.98 Å². The molecular formula is C22H22FN3O. The maximum absolute atomic E-state index is 12.9. The molecular weight excluding hydrogens is 341 g/mol. The number of benzene rings is 2. The third-order valence-electron chi connectivity index (χ3n) is 4.51. The van der Waals surface area contributed by atoms with Gasteiger partial charge in [-0.05, 0) is 67.3 Å². The van der Waals surface area contributed by atoms with Crippen LogP contribution in [0.5, 0.6) is 0 Å². The van der Waals surface area contributed by atoms with Crippen LogP contribution < -0.4 is 10.6 Å². The third-order valence-corrected chi connectivity index (χ3v) is 4.51. The molecule has 0 saturated heterocycles. The molecule has 1 amide bonds. The Labute approximate surface area is 158 Å². The Morgan fingerprint density at radius 1 is 1.04 bits per heavy atom. The molecule has 0 bridgehead atoms. The minimum Gasteiger partial charge on any atom is -0.370 e. The minimum absolute atomic E-state index is 0.186. The fourth-order valence-corrected chi connectivity index (χ4v) is 2.70. The highest BCUT2D eigenvalue weighted by Gasteiger charge is 2.09. The lowest BCUT2D eigenvalue weighted by Crippen LogP contribution is -2.14. The molecule has 2 N–H and O–H groups in total. The Hall–Kier alpha value is -3.21. The number of rotatable bonds is 6. The Kier molecular flexibility index (Phi) is 5.81.